The largest absolute Gasteiger partial charge is 0.197 e. The molecule has 2 aromatic rings. The number of rotatable bonds is 1. The molecule has 0 spiro atoms. The minimum atomic E-state index is -0.210. The maximum Gasteiger partial charge on any atom is 0.0836 e. The second kappa shape index (κ2) is 4.16. The fourth-order valence-electron chi connectivity index (χ4n) is 2.95. The van der Waals surface area contributed by atoms with Crippen LogP contribution in [0.15, 0.2) is 29.6 Å². The van der Waals surface area contributed by atoms with Crippen molar-refractivity contribution in [1.29, 1.82) is 5.26 Å². The van der Waals surface area contributed by atoms with Crippen molar-refractivity contribution in [2.75, 3.05) is 0 Å². The predicted molar refractivity (Wildman–Crippen MR) is 72.2 cm³/mol. The number of nitrogens with zero attached hydrogens (tertiary/aromatic N) is 1. The minimum Gasteiger partial charge on any atom is -0.197 e. The molecule has 1 aromatic heterocycles. The average Bonchev–Trinajstić information content (AvgIpc) is 2.84. The summed E-state index contributed by atoms with van der Waals surface area (Å²) in [6.45, 7) is 0. The van der Waals surface area contributed by atoms with Crippen molar-refractivity contribution in [2.45, 2.75) is 37.5 Å². The molecule has 2 heteroatoms. The van der Waals surface area contributed by atoms with Gasteiger partial charge >= 0.3 is 0 Å². The first-order valence-corrected chi connectivity index (χ1v) is 7.12. The van der Waals surface area contributed by atoms with Crippen LogP contribution in [-0.2, 0) is 5.41 Å². The topological polar surface area (TPSA) is 23.8 Å². The number of hydrogen-bond acceptors (Lipinski definition) is 2. The average molecular weight is 241 g/mol. The van der Waals surface area contributed by atoms with Gasteiger partial charge in [0, 0.05) is 4.70 Å². The molecular formula is C15H15NS. The lowest BCUT2D eigenvalue weighted by Crippen LogP contribution is -2.26. The highest BCUT2D eigenvalue weighted by Gasteiger charge is 2.35. The van der Waals surface area contributed by atoms with E-state index in [2.05, 4.69) is 35.7 Å². The van der Waals surface area contributed by atoms with Crippen LogP contribution in [0.1, 0.15) is 37.7 Å². The highest BCUT2D eigenvalue weighted by atomic mass is 32.1. The van der Waals surface area contributed by atoms with E-state index in [1.165, 1.54) is 34.9 Å². The summed E-state index contributed by atoms with van der Waals surface area (Å²) in [6.07, 6.45) is 5.73. The van der Waals surface area contributed by atoms with E-state index in [4.69, 9.17) is 0 Å². The third-order valence-corrected chi connectivity index (χ3v) is 4.88. The molecule has 0 saturated heterocycles. The highest BCUT2D eigenvalue weighted by molar-refractivity contribution is 7.17. The smallest absolute Gasteiger partial charge is 0.0836 e. The molecule has 1 aliphatic rings. The molecule has 1 aliphatic carbocycles. The number of hydrogen-bond donors (Lipinski definition) is 0. The lowest BCUT2D eigenvalue weighted by atomic mass is 9.70. The van der Waals surface area contributed by atoms with E-state index in [0.717, 1.165) is 12.8 Å². The van der Waals surface area contributed by atoms with Crippen molar-refractivity contribution in [1.82, 2.24) is 0 Å². The molecule has 0 amide bonds. The van der Waals surface area contributed by atoms with Gasteiger partial charge in [-0.15, -0.1) is 11.3 Å². The SMILES string of the molecule is N#CC1(c2csc3ccccc23)CCCCC1. The Morgan fingerprint density at radius 1 is 1.12 bits per heavy atom. The van der Waals surface area contributed by atoms with Gasteiger partial charge < -0.3 is 0 Å². The molecule has 1 heterocycles. The Morgan fingerprint density at radius 3 is 2.65 bits per heavy atom. The lowest BCUT2D eigenvalue weighted by Gasteiger charge is -2.30. The van der Waals surface area contributed by atoms with Crippen molar-refractivity contribution < 1.29 is 0 Å². The molecule has 1 fully saturated rings. The first kappa shape index (κ1) is 10.8. The van der Waals surface area contributed by atoms with Crippen LogP contribution >= 0.6 is 11.3 Å². The monoisotopic (exact) mass is 241 g/mol. The van der Waals surface area contributed by atoms with Gasteiger partial charge in [-0.3, -0.25) is 0 Å². The third kappa shape index (κ3) is 1.66. The first-order valence-electron chi connectivity index (χ1n) is 6.24. The van der Waals surface area contributed by atoms with Crippen LogP contribution in [0.2, 0.25) is 0 Å². The van der Waals surface area contributed by atoms with Gasteiger partial charge in [-0.25, -0.2) is 0 Å². The van der Waals surface area contributed by atoms with Gasteiger partial charge in [0.25, 0.3) is 0 Å². The molecule has 1 saturated carbocycles. The van der Waals surface area contributed by atoms with Crippen LogP contribution in [0, 0.1) is 11.3 Å². The number of fused-ring (bicyclic) bond motifs is 1. The van der Waals surface area contributed by atoms with Gasteiger partial charge in [-0.2, -0.15) is 5.26 Å². The number of thiophene rings is 1. The lowest BCUT2D eigenvalue weighted by molar-refractivity contribution is 0.369. The summed E-state index contributed by atoms with van der Waals surface area (Å²) in [5, 5.41) is 13.1. The molecule has 0 N–H and O–H groups in total. The second-order valence-electron chi connectivity index (χ2n) is 4.90. The van der Waals surface area contributed by atoms with Gasteiger partial charge in [0.15, 0.2) is 0 Å². The van der Waals surface area contributed by atoms with Gasteiger partial charge in [0.2, 0.25) is 0 Å². The maximum atomic E-state index is 9.63. The summed E-state index contributed by atoms with van der Waals surface area (Å²) in [6, 6.07) is 11.1. The predicted octanol–water partition coefficient (Wildman–Crippen LogP) is 4.63. The molecule has 86 valence electrons. The summed E-state index contributed by atoms with van der Waals surface area (Å²) >= 11 is 1.77. The molecular weight excluding hydrogens is 226 g/mol. The molecule has 0 aliphatic heterocycles. The summed E-state index contributed by atoms with van der Waals surface area (Å²) in [7, 11) is 0. The first-order chi connectivity index (χ1) is 8.36. The van der Waals surface area contributed by atoms with E-state index in [0.29, 0.717) is 0 Å². The van der Waals surface area contributed by atoms with Crippen LogP contribution in [-0.4, -0.2) is 0 Å². The van der Waals surface area contributed by atoms with Crippen LogP contribution in [0.3, 0.4) is 0 Å². The molecule has 0 atom stereocenters. The Kier molecular flexibility index (Phi) is 2.64. The van der Waals surface area contributed by atoms with Crippen LogP contribution in [0.5, 0.6) is 0 Å². The Bertz CT molecular complexity index is 570. The number of nitriles is 1. The van der Waals surface area contributed by atoms with E-state index in [-0.39, 0.29) is 5.41 Å². The van der Waals surface area contributed by atoms with Crippen LogP contribution in [0.25, 0.3) is 10.1 Å². The van der Waals surface area contributed by atoms with Crippen molar-refractivity contribution in [3.63, 3.8) is 0 Å². The Labute approximate surface area is 106 Å². The summed E-state index contributed by atoms with van der Waals surface area (Å²) in [4.78, 5) is 0. The summed E-state index contributed by atoms with van der Waals surface area (Å²) in [5.74, 6) is 0. The van der Waals surface area contributed by atoms with Gasteiger partial charge in [-0.05, 0) is 35.2 Å². The zero-order valence-electron chi connectivity index (χ0n) is 9.78. The van der Waals surface area contributed by atoms with E-state index >= 15 is 0 Å². The maximum absolute atomic E-state index is 9.63. The third-order valence-electron chi connectivity index (χ3n) is 3.92. The molecule has 0 radical (unpaired) electrons. The van der Waals surface area contributed by atoms with Crippen molar-refractivity contribution in [3.8, 4) is 6.07 Å². The van der Waals surface area contributed by atoms with E-state index in [1.807, 2.05) is 0 Å². The van der Waals surface area contributed by atoms with E-state index in [9.17, 15) is 5.26 Å². The molecule has 17 heavy (non-hydrogen) atoms. The van der Waals surface area contributed by atoms with Gasteiger partial charge in [-0.1, -0.05) is 37.5 Å². The Hall–Kier alpha value is -1.33. The van der Waals surface area contributed by atoms with Crippen LogP contribution in [0.4, 0.5) is 0 Å². The zero-order chi connectivity index (χ0) is 11.7. The fraction of sp³-hybridized carbons (Fsp3) is 0.400. The quantitative estimate of drug-likeness (QED) is 0.714. The normalized spacial score (nSPS) is 19.0. The molecule has 3 rings (SSSR count). The standard InChI is InChI=1S/C15H15NS/c16-11-15(8-4-1-5-9-15)13-10-17-14-7-3-2-6-12(13)14/h2-3,6-7,10H,1,4-5,8-9H2. The van der Waals surface area contributed by atoms with E-state index < -0.39 is 0 Å². The molecule has 1 nitrogen and oxygen atoms in total. The van der Waals surface area contributed by atoms with E-state index in [1.54, 1.807) is 11.3 Å². The fourth-order valence-corrected chi connectivity index (χ4v) is 4.00. The zero-order valence-corrected chi connectivity index (χ0v) is 10.6. The van der Waals surface area contributed by atoms with Crippen LogP contribution < -0.4 is 0 Å². The van der Waals surface area contributed by atoms with Crippen molar-refractivity contribution in [3.05, 3.63) is 35.2 Å². The highest BCUT2D eigenvalue weighted by Crippen LogP contribution is 2.43. The Balaban J connectivity index is 2.16. The van der Waals surface area contributed by atoms with Gasteiger partial charge in [0.1, 0.15) is 0 Å². The molecule has 0 bridgehead atoms. The summed E-state index contributed by atoms with van der Waals surface area (Å²) < 4.78 is 1.31. The Morgan fingerprint density at radius 2 is 1.88 bits per heavy atom. The van der Waals surface area contributed by atoms with Gasteiger partial charge in [0.05, 0.1) is 11.5 Å². The minimum absolute atomic E-state index is 0.210. The summed E-state index contributed by atoms with van der Waals surface area (Å²) in [5.41, 5.74) is 1.07. The van der Waals surface area contributed by atoms with Crippen molar-refractivity contribution >= 4 is 21.4 Å². The van der Waals surface area contributed by atoms with Crippen molar-refractivity contribution in [2.24, 2.45) is 0 Å². The molecule has 1 aromatic carbocycles. The molecule has 0 unspecified atom stereocenters. The second-order valence-corrected chi connectivity index (χ2v) is 5.81. The number of benzene rings is 1.